The normalized spacial score (nSPS) is 14.1. The third-order valence-electron chi connectivity index (χ3n) is 5.29. The van der Waals surface area contributed by atoms with Crippen LogP contribution >= 0.6 is 0 Å². The fourth-order valence-corrected chi connectivity index (χ4v) is 3.61. The molecule has 1 aromatic carbocycles. The van der Waals surface area contributed by atoms with E-state index in [0.717, 1.165) is 17.2 Å². The highest BCUT2D eigenvalue weighted by atomic mass is 16.5. The molecule has 1 aliphatic heterocycles. The lowest BCUT2D eigenvalue weighted by Gasteiger charge is -2.35. The van der Waals surface area contributed by atoms with Gasteiger partial charge >= 0.3 is 0 Å². The lowest BCUT2D eigenvalue weighted by Crippen LogP contribution is -2.48. The number of carbonyl (C=O) groups is 1. The first-order chi connectivity index (χ1) is 15.6. The predicted molar refractivity (Wildman–Crippen MR) is 121 cm³/mol. The highest BCUT2D eigenvalue weighted by Gasteiger charge is 2.21. The minimum absolute atomic E-state index is 0.0180. The zero-order chi connectivity index (χ0) is 22.5. The zero-order valence-electron chi connectivity index (χ0n) is 18.4. The number of ether oxygens (including phenoxy) is 2. The highest BCUT2D eigenvalue weighted by molar-refractivity contribution is 5.92. The molecule has 1 fully saturated rings. The van der Waals surface area contributed by atoms with Gasteiger partial charge in [0.25, 0.3) is 0 Å². The van der Waals surface area contributed by atoms with E-state index in [-0.39, 0.29) is 5.91 Å². The summed E-state index contributed by atoms with van der Waals surface area (Å²) >= 11 is 0. The molecule has 1 aliphatic rings. The van der Waals surface area contributed by atoms with Gasteiger partial charge in [-0.25, -0.2) is 14.6 Å². The maximum Gasteiger partial charge on any atom is 0.246 e. The molecule has 9 nitrogen and oxygen atoms in total. The van der Waals surface area contributed by atoms with Crippen molar-refractivity contribution in [1.29, 1.82) is 0 Å². The number of benzene rings is 1. The van der Waals surface area contributed by atoms with E-state index in [2.05, 4.69) is 20.0 Å². The summed E-state index contributed by atoms with van der Waals surface area (Å²) < 4.78 is 12.3. The molecule has 0 bridgehead atoms. The van der Waals surface area contributed by atoms with E-state index in [1.165, 1.54) is 0 Å². The van der Waals surface area contributed by atoms with Gasteiger partial charge in [-0.15, -0.1) is 0 Å². The summed E-state index contributed by atoms with van der Waals surface area (Å²) in [5.41, 5.74) is 0.872. The van der Waals surface area contributed by atoms with Crippen molar-refractivity contribution in [2.45, 2.75) is 6.92 Å². The van der Waals surface area contributed by atoms with Crippen molar-refractivity contribution < 1.29 is 14.3 Å². The molecule has 9 heteroatoms. The van der Waals surface area contributed by atoms with Crippen molar-refractivity contribution in [2.24, 2.45) is 0 Å². The number of aryl methyl sites for hydroxylation is 1. The van der Waals surface area contributed by atoms with Crippen molar-refractivity contribution in [1.82, 2.24) is 24.6 Å². The van der Waals surface area contributed by atoms with E-state index < -0.39 is 0 Å². The Morgan fingerprint density at radius 3 is 2.44 bits per heavy atom. The fraction of sp³-hybridized carbons (Fsp3) is 0.304. The summed E-state index contributed by atoms with van der Waals surface area (Å²) in [5, 5.41) is 4.25. The predicted octanol–water partition coefficient (Wildman–Crippen LogP) is 2.35. The van der Waals surface area contributed by atoms with Crippen molar-refractivity contribution in [3.63, 3.8) is 0 Å². The first kappa shape index (κ1) is 21.4. The van der Waals surface area contributed by atoms with Crippen LogP contribution in [0.5, 0.6) is 11.5 Å². The lowest BCUT2D eigenvalue weighted by atomic mass is 10.2. The maximum absolute atomic E-state index is 12.7. The van der Waals surface area contributed by atoms with E-state index in [1.807, 2.05) is 48.4 Å². The third-order valence-corrected chi connectivity index (χ3v) is 5.29. The Kier molecular flexibility index (Phi) is 6.34. The largest absolute Gasteiger partial charge is 0.493 e. The first-order valence-electron chi connectivity index (χ1n) is 10.4. The van der Waals surface area contributed by atoms with Gasteiger partial charge in [0.1, 0.15) is 11.6 Å². The first-order valence-corrected chi connectivity index (χ1v) is 10.4. The third kappa shape index (κ3) is 4.72. The van der Waals surface area contributed by atoms with Crippen LogP contribution in [-0.2, 0) is 4.79 Å². The number of amides is 1. The molecule has 0 unspecified atom stereocenters. The molecule has 1 saturated heterocycles. The van der Waals surface area contributed by atoms with Crippen LogP contribution in [0.2, 0.25) is 0 Å². The van der Waals surface area contributed by atoms with E-state index in [1.54, 1.807) is 37.3 Å². The molecule has 0 atom stereocenters. The van der Waals surface area contributed by atoms with Gasteiger partial charge in [0, 0.05) is 50.7 Å². The van der Waals surface area contributed by atoms with Crippen LogP contribution in [0.4, 0.5) is 5.82 Å². The average Bonchev–Trinajstić information content (AvgIpc) is 3.37. The number of piperazine rings is 1. The molecule has 0 spiro atoms. The lowest BCUT2D eigenvalue weighted by molar-refractivity contribution is -0.126. The highest BCUT2D eigenvalue weighted by Crippen LogP contribution is 2.28. The van der Waals surface area contributed by atoms with Crippen LogP contribution in [-0.4, -0.2) is 71.0 Å². The SMILES string of the molecule is COc1ccc(C=CC(=O)N2CCN(c3cc(-n4cccn4)nc(C)n3)CC2)cc1OC. The minimum Gasteiger partial charge on any atom is -0.493 e. The average molecular weight is 435 g/mol. The van der Waals surface area contributed by atoms with Crippen LogP contribution in [0.25, 0.3) is 11.9 Å². The molecule has 3 heterocycles. The van der Waals surface area contributed by atoms with Gasteiger partial charge in [-0.3, -0.25) is 4.79 Å². The summed E-state index contributed by atoms with van der Waals surface area (Å²) in [6.07, 6.45) is 6.96. The number of nitrogens with zero attached hydrogens (tertiary/aromatic N) is 6. The summed E-state index contributed by atoms with van der Waals surface area (Å²) in [6, 6.07) is 9.33. The fourth-order valence-electron chi connectivity index (χ4n) is 3.61. The molecule has 0 aliphatic carbocycles. The van der Waals surface area contributed by atoms with Crippen molar-refractivity contribution >= 4 is 17.8 Å². The molecule has 0 N–H and O–H groups in total. The van der Waals surface area contributed by atoms with Gasteiger partial charge < -0.3 is 19.3 Å². The van der Waals surface area contributed by atoms with Gasteiger partial charge in [0.05, 0.1) is 14.2 Å². The molecular formula is C23H26N6O3. The zero-order valence-corrected chi connectivity index (χ0v) is 18.4. The van der Waals surface area contributed by atoms with Crippen LogP contribution < -0.4 is 14.4 Å². The standard InChI is InChI=1S/C23H26N6O3/c1-17-25-21(16-22(26-17)29-10-4-9-24-29)27-11-13-28(14-12-27)23(30)8-6-18-5-7-19(31-2)20(15-18)32-3/h4-10,15-16H,11-14H2,1-3H3. The molecule has 0 saturated carbocycles. The number of aromatic nitrogens is 4. The Morgan fingerprint density at radius 2 is 1.75 bits per heavy atom. The number of hydrogen-bond donors (Lipinski definition) is 0. The van der Waals surface area contributed by atoms with E-state index in [9.17, 15) is 4.79 Å². The number of carbonyl (C=O) groups excluding carboxylic acids is 1. The Morgan fingerprint density at radius 1 is 1.00 bits per heavy atom. The Balaban J connectivity index is 1.39. The molecular weight excluding hydrogens is 408 g/mol. The minimum atomic E-state index is -0.0180. The summed E-state index contributed by atoms with van der Waals surface area (Å²) in [6.45, 7) is 4.51. The van der Waals surface area contributed by atoms with E-state index >= 15 is 0 Å². The summed E-state index contributed by atoms with van der Waals surface area (Å²) in [7, 11) is 3.19. The van der Waals surface area contributed by atoms with Crippen LogP contribution in [0.15, 0.2) is 48.8 Å². The second-order valence-corrected chi connectivity index (χ2v) is 7.34. The number of hydrogen-bond acceptors (Lipinski definition) is 7. The van der Waals surface area contributed by atoms with Crippen LogP contribution in [0.1, 0.15) is 11.4 Å². The molecule has 3 aromatic rings. The van der Waals surface area contributed by atoms with Gasteiger partial charge in [-0.05, 0) is 36.8 Å². The van der Waals surface area contributed by atoms with Gasteiger partial charge in [-0.1, -0.05) is 6.07 Å². The monoisotopic (exact) mass is 434 g/mol. The van der Waals surface area contributed by atoms with Crippen molar-refractivity contribution in [2.75, 3.05) is 45.3 Å². The van der Waals surface area contributed by atoms with Gasteiger partial charge in [-0.2, -0.15) is 5.10 Å². The second kappa shape index (κ2) is 9.51. The van der Waals surface area contributed by atoms with E-state index in [4.69, 9.17) is 9.47 Å². The number of methoxy groups -OCH3 is 2. The Labute approximate surface area is 186 Å². The van der Waals surface area contributed by atoms with E-state index in [0.29, 0.717) is 43.5 Å². The second-order valence-electron chi connectivity index (χ2n) is 7.34. The summed E-state index contributed by atoms with van der Waals surface area (Å²) in [4.78, 5) is 25.7. The number of rotatable bonds is 6. The van der Waals surface area contributed by atoms with Crippen molar-refractivity contribution in [3.8, 4) is 17.3 Å². The van der Waals surface area contributed by atoms with Crippen LogP contribution in [0.3, 0.4) is 0 Å². The summed E-state index contributed by atoms with van der Waals surface area (Å²) in [5.74, 6) is 3.53. The number of anilines is 1. The molecule has 0 radical (unpaired) electrons. The molecule has 1 amide bonds. The molecule has 2 aromatic heterocycles. The maximum atomic E-state index is 12.7. The topological polar surface area (TPSA) is 85.6 Å². The van der Waals surface area contributed by atoms with Gasteiger partial charge in [0.2, 0.25) is 5.91 Å². The molecule has 32 heavy (non-hydrogen) atoms. The van der Waals surface area contributed by atoms with Crippen molar-refractivity contribution in [3.05, 3.63) is 60.2 Å². The van der Waals surface area contributed by atoms with Gasteiger partial charge in [0.15, 0.2) is 17.3 Å². The quantitative estimate of drug-likeness (QED) is 0.551. The smallest absolute Gasteiger partial charge is 0.246 e. The van der Waals surface area contributed by atoms with Crippen LogP contribution in [0, 0.1) is 6.92 Å². The Bertz CT molecular complexity index is 1100. The molecule has 166 valence electrons. The Hall–Kier alpha value is -3.88. The molecule has 4 rings (SSSR count).